The van der Waals surface area contributed by atoms with Crippen LogP contribution in [0.3, 0.4) is 0 Å². The minimum Gasteiger partial charge on any atom is -0.379 e. The number of carbonyl (C=O) groups is 1. The lowest BCUT2D eigenvalue weighted by Crippen LogP contribution is -2.29. The summed E-state index contributed by atoms with van der Waals surface area (Å²) in [6.45, 7) is 6.39. The van der Waals surface area contributed by atoms with E-state index in [-0.39, 0.29) is 5.91 Å². The quantitative estimate of drug-likeness (QED) is 0.318. The molecule has 0 aliphatic heterocycles. The SMILES string of the molecule is CC(C)COCCOCc1csc(C(=O)NN)n1. The summed E-state index contributed by atoms with van der Waals surface area (Å²) in [6, 6.07) is 0. The lowest BCUT2D eigenvalue weighted by Gasteiger charge is -2.06. The van der Waals surface area contributed by atoms with Gasteiger partial charge in [-0.05, 0) is 5.92 Å². The average molecular weight is 273 g/mol. The topological polar surface area (TPSA) is 86.5 Å². The van der Waals surface area contributed by atoms with E-state index in [1.54, 1.807) is 5.38 Å². The van der Waals surface area contributed by atoms with Gasteiger partial charge in [-0.25, -0.2) is 10.8 Å². The highest BCUT2D eigenvalue weighted by Gasteiger charge is 2.09. The van der Waals surface area contributed by atoms with Crippen LogP contribution in [0.1, 0.15) is 29.3 Å². The molecule has 0 unspecified atom stereocenters. The molecule has 0 radical (unpaired) electrons. The van der Waals surface area contributed by atoms with Crippen LogP contribution in [0.2, 0.25) is 0 Å². The first-order valence-electron chi connectivity index (χ1n) is 5.74. The van der Waals surface area contributed by atoms with Crippen LogP contribution in [0.4, 0.5) is 0 Å². The van der Waals surface area contributed by atoms with Crippen molar-refractivity contribution in [1.29, 1.82) is 0 Å². The maximum Gasteiger partial charge on any atom is 0.294 e. The first-order valence-corrected chi connectivity index (χ1v) is 6.62. The van der Waals surface area contributed by atoms with Crippen molar-refractivity contribution in [2.45, 2.75) is 20.5 Å². The summed E-state index contributed by atoms with van der Waals surface area (Å²) in [5.74, 6) is 5.16. The number of nitrogens with one attached hydrogen (secondary N) is 1. The van der Waals surface area contributed by atoms with Crippen molar-refractivity contribution >= 4 is 17.2 Å². The van der Waals surface area contributed by atoms with Crippen LogP contribution in [0, 0.1) is 5.92 Å². The fourth-order valence-electron chi connectivity index (χ4n) is 1.15. The van der Waals surface area contributed by atoms with E-state index in [1.807, 2.05) is 5.43 Å². The fourth-order valence-corrected chi connectivity index (χ4v) is 1.86. The van der Waals surface area contributed by atoms with E-state index in [4.69, 9.17) is 15.3 Å². The Labute approximate surface area is 110 Å². The van der Waals surface area contributed by atoms with E-state index in [0.29, 0.717) is 30.7 Å². The van der Waals surface area contributed by atoms with Crippen molar-refractivity contribution in [3.8, 4) is 0 Å². The Bertz CT molecular complexity index is 368. The van der Waals surface area contributed by atoms with Crippen molar-refractivity contribution in [1.82, 2.24) is 10.4 Å². The second kappa shape index (κ2) is 8.15. The van der Waals surface area contributed by atoms with Crippen molar-refractivity contribution in [3.63, 3.8) is 0 Å². The van der Waals surface area contributed by atoms with Gasteiger partial charge in [-0.3, -0.25) is 10.2 Å². The van der Waals surface area contributed by atoms with Crippen molar-refractivity contribution < 1.29 is 14.3 Å². The van der Waals surface area contributed by atoms with E-state index in [9.17, 15) is 4.79 Å². The minimum atomic E-state index is -0.383. The summed E-state index contributed by atoms with van der Waals surface area (Å²) in [5.41, 5.74) is 2.76. The molecule has 1 aromatic heterocycles. The van der Waals surface area contributed by atoms with E-state index in [2.05, 4.69) is 18.8 Å². The number of hydrogen-bond acceptors (Lipinski definition) is 6. The molecule has 0 bridgehead atoms. The number of nitrogens with two attached hydrogens (primary N) is 1. The highest BCUT2D eigenvalue weighted by molar-refractivity contribution is 7.11. The molecular weight excluding hydrogens is 254 g/mol. The number of thiazole rings is 1. The van der Waals surface area contributed by atoms with Gasteiger partial charge < -0.3 is 9.47 Å². The van der Waals surface area contributed by atoms with Crippen molar-refractivity contribution in [2.24, 2.45) is 11.8 Å². The van der Waals surface area contributed by atoms with Gasteiger partial charge in [0.1, 0.15) is 0 Å². The molecule has 0 aliphatic rings. The summed E-state index contributed by atoms with van der Waals surface area (Å²) in [6.07, 6.45) is 0. The predicted octanol–water partition coefficient (Wildman–Crippen LogP) is 0.936. The third-order valence-electron chi connectivity index (χ3n) is 1.95. The molecule has 1 heterocycles. The van der Waals surface area contributed by atoms with Crippen LogP contribution in [0.25, 0.3) is 0 Å². The number of amides is 1. The van der Waals surface area contributed by atoms with Gasteiger partial charge in [0.05, 0.1) is 25.5 Å². The highest BCUT2D eigenvalue weighted by atomic mass is 32.1. The van der Waals surface area contributed by atoms with Crippen LogP contribution < -0.4 is 11.3 Å². The van der Waals surface area contributed by atoms with E-state index < -0.39 is 0 Å². The maximum atomic E-state index is 11.2. The number of nitrogen functional groups attached to an aromatic ring is 1. The molecule has 0 saturated carbocycles. The molecule has 1 aromatic rings. The average Bonchev–Trinajstić information content (AvgIpc) is 2.81. The Morgan fingerprint density at radius 2 is 2.22 bits per heavy atom. The molecule has 6 nitrogen and oxygen atoms in total. The lowest BCUT2D eigenvalue weighted by molar-refractivity contribution is 0.0306. The summed E-state index contributed by atoms with van der Waals surface area (Å²) >= 11 is 1.24. The van der Waals surface area contributed by atoms with Gasteiger partial charge in [-0.15, -0.1) is 11.3 Å². The second-order valence-electron chi connectivity index (χ2n) is 4.14. The molecule has 0 spiro atoms. The minimum absolute atomic E-state index is 0.340. The van der Waals surface area contributed by atoms with Crippen LogP contribution in [0.15, 0.2) is 5.38 Å². The number of nitrogens with zero attached hydrogens (tertiary/aromatic N) is 1. The third kappa shape index (κ3) is 5.54. The highest BCUT2D eigenvalue weighted by Crippen LogP contribution is 2.10. The number of ether oxygens (including phenoxy) is 2. The first-order chi connectivity index (χ1) is 8.63. The molecule has 0 fully saturated rings. The lowest BCUT2D eigenvalue weighted by atomic mass is 10.2. The van der Waals surface area contributed by atoms with Gasteiger partial charge in [0.2, 0.25) is 0 Å². The third-order valence-corrected chi connectivity index (χ3v) is 2.84. The van der Waals surface area contributed by atoms with Crippen molar-refractivity contribution in [2.75, 3.05) is 19.8 Å². The van der Waals surface area contributed by atoms with Gasteiger partial charge in [0, 0.05) is 12.0 Å². The van der Waals surface area contributed by atoms with Gasteiger partial charge in [-0.1, -0.05) is 13.8 Å². The Hall–Kier alpha value is -1.02. The van der Waals surface area contributed by atoms with Crippen LogP contribution in [-0.2, 0) is 16.1 Å². The fraction of sp³-hybridized carbons (Fsp3) is 0.636. The maximum absolute atomic E-state index is 11.2. The smallest absolute Gasteiger partial charge is 0.294 e. The molecule has 0 saturated heterocycles. The van der Waals surface area contributed by atoms with Gasteiger partial charge in [0.15, 0.2) is 5.01 Å². The molecular formula is C11H19N3O3S. The van der Waals surface area contributed by atoms with Crippen molar-refractivity contribution in [3.05, 3.63) is 16.1 Å². The Balaban J connectivity index is 2.16. The molecule has 3 N–H and O–H groups in total. The largest absolute Gasteiger partial charge is 0.379 e. The normalized spacial score (nSPS) is 10.9. The molecule has 102 valence electrons. The number of hydrazine groups is 1. The molecule has 18 heavy (non-hydrogen) atoms. The van der Waals surface area contributed by atoms with Crippen LogP contribution >= 0.6 is 11.3 Å². The molecule has 0 aromatic carbocycles. The Morgan fingerprint density at radius 1 is 1.50 bits per heavy atom. The van der Waals surface area contributed by atoms with Crippen LogP contribution in [0.5, 0.6) is 0 Å². The summed E-state index contributed by atoms with van der Waals surface area (Å²) in [4.78, 5) is 15.2. The molecule has 1 rings (SSSR count). The standard InChI is InChI=1S/C11H19N3O3S/c1-8(2)5-16-3-4-17-6-9-7-18-11(13-9)10(15)14-12/h7-8H,3-6,12H2,1-2H3,(H,14,15). The molecule has 1 amide bonds. The zero-order chi connectivity index (χ0) is 13.4. The summed E-state index contributed by atoms with van der Waals surface area (Å²) in [7, 11) is 0. The summed E-state index contributed by atoms with van der Waals surface area (Å²) in [5, 5.41) is 2.12. The first kappa shape index (κ1) is 15.0. The van der Waals surface area contributed by atoms with Gasteiger partial charge in [0.25, 0.3) is 5.91 Å². The molecule has 0 atom stereocenters. The zero-order valence-corrected chi connectivity index (χ0v) is 11.5. The number of hydrogen-bond donors (Lipinski definition) is 2. The number of carbonyl (C=O) groups excluding carboxylic acids is 1. The summed E-state index contributed by atoms with van der Waals surface area (Å²) < 4.78 is 10.8. The molecule has 0 aliphatic carbocycles. The number of rotatable bonds is 8. The monoisotopic (exact) mass is 273 g/mol. The number of aromatic nitrogens is 1. The van der Waals surface area contributed by atoms with Gasteiger partial charge in [-0.2, -0.15) is 0 Å². The zero-order valence-electron chi connectivity index (χ0n) is 10.6. The van der Waals surface area contributed by atoms with E-state index in [1.165, 1.54) is 11.3 Å². The molecule has 7 heteroatoms. The van der Waals surface area contributed by atoms with Crippen LogP contribution in [-0.4, -0.2) is 30.7 Å². The second-order valence-corrected chi connectivity index (χ2v) is 5.00. The van der Waals surface area contributed by atoms with E-state index >= 15 is 0 Å². The van der Waals surface area contributed by atoms with Gasteiger partial charge >= 0.3 is 0 Å². The predicted molar refractivity (Wildman–Crippen MR) is 69.1 cm³/mol. The Morgan fingerprint density at radius 3 is 2.89 bits per heavy atom. The van der Waals surface area contributed by atoms with E-state index in [0.717, 1.165) is 12.3 Å². The Kier molecular flexibility index (Phi) is 6.81.